The predicted molar refractivity (Wildman–Crippen MR) is 145 cm³/mol. The number of morpholine rings is 1. The Hall–Kier alpha value is -2.95. The zero-order chi connectivity index (χ0) is 24.9. The molecule has 3 aromatic rings. The lowest BCUT2D eigenvalue weighted by Gasteiger charge is -2.29. The Morgan fingerprint density at radius 1 is 1.17 bits per heavy atom. The van der Waals surface area contributed by atoms with Crippen LogP contribution in [-0.4, -0.2) is 87.4 Å². The van der Waals surface area contributed by atoms with E-state index < -0.39 is 0 Å². The van der Waals surface area contributed by atoms with Crippen LogP contribution in [0.3, 0.4) is 0 Å². The van der Waals surface area contributed by atoms with Gasteiger partial charge in [0.15, 0.2) is 5.13 Å². The van der Waals surface area contributed by atoms with Gasteiger partial charge in [-0.05, 0) is 50.2 Å². The fourth-order valence-corrected chi connectivity index (χ4v) is 5.79. The summed E-state index contributed by atoms with van der Waals surface area (Å²) in [5.74, 6) is 1.29. The van der Waals surface area contributed by atoms with Crippen LogP contribution in [0.5, 0.6) is 5.75 Å². The van der Waals surface area contributed by atoms with Crippen molar-refractivity contribution >= 4 is 44.1 Å². The van der Waals surface area contributed by atoms with Gasteiger partial charge in [0.2, 0.25) is 0 Å². The molecule has 0 unspecified atom stereocenters. The predicted octanol–water partition coefficient (Wildman–Crippen LogP) is 3.71. The SMILES string of the molecule is COc1ccc(N2CCOCC2)c2sc(NC(=O)c3ccnc(N(C)CCN4CCCCC4)c3)nc12. The summed E-state index contributed by atoms with van der Waals surface area (Å²) in [7, 11) is 3.67. The number of carbonyl (C=O) groups is 1. The van der Waals surface area contributed by atoms with Crippen molar-refractivity contribution in [2.45, 2.75) is 19.3 Å². The molecule has 2 aliphatic heterocycles. The van der Waals surface area contributed by atoms with E-state index in [1.165, 1.54) is 43.7 Å². The van der Waals surface area contributed by atoms with E-state index in [0.29, 0.717) is 29.7 Å². The van der Waals surface area contributed by atoms with E-state index in [2.05, 4.69) is 31.1 Å². The first-order chi connectivity index (χ1) is 17.6. The first-order valence-electron chi connectivity index (χ1n) is 12.6. The van der Waals surface area contributed by atoms with Crippen LogP contribution in [0, 0.1) is 0 Å². The number of carbonyl (C=O) groups excluding carboxylic acids is 1. The number of ether oxygens (including phenoxy) is 2. The Morgan fingerprint density at radius 2 is 1.97 bits per heavy atom. The molecule has 4 heterocycles. The molecule has 2 aromatic heterocycles. The van der Waals surface area contributed by atoms with Gasteiger partial charge < -0.3 is 24.2 Å². The Kier molecular flexibility index (Phi) is 7.84. The van der Waals surface area contributed by atoms with Crippen molar-refractivity contribution in [3.8, 4) is 5.75 Å². The molecule has 0 saturated carbocycles. The number of aromatic nitrogens is 2. The number of anilines is 3. The Balaban J connectivity index is 1.30. The number of thiazole rings is 1. The number of hydrogen-bond donors (Lipinski definition) is 1. The van der Waals surface area contributed by atoms with E-state index in [0.717, 1.165) is 47.9 Å². The Bertz CT molecular complexity index is 1190. The van der Waals surface area contributed by atoms with Crippen molar-refractivity contribution in [2.24, 2.45) is 0 Å². The zero-order valence-electron chi connectivity index (χ0n) is 21.0. The van der Waals surface area contributed by atoms with E-state index in [4.69, 9.17) is 14.5 Å². The van der Waals surface area contributed by atoms with Crippen molar-refractivity contribution < 1.29 is 14.3 Å². The summed E-state index contributed by atoms with van der Waals surface area (Å²) in [5.41, 5.74) is 2.41. The fourth-order valence-electron chi connectivity index (χ4n) is 4.77. The van der Waals surface area contributed by atoms with Crippen LogP contribution in [0.1, 0.15) is 29.6 Å². The molecule has 0 spiro atoms. The molecule has 0 bridgehead atoms. The first-order valence-corrected chi connectivity index (χ1v) is 13.4. The van der Waals surface area contributed by atoms with Crippen molar-refractivity contribution in [2.75, 3.05) is 81.8 Å². The van der Waals surface area contributed by atoms with Gasteiger partial charge in [-0.25, -0.2) is 9.97 Å². The molecule has 9 nitrogen and oxygen atoms in total. The van der Waals surface area contributed by atoms with Crippen LogP contribution in [0.4, 0.5) is 16.6 Å². The van der Waals surface area contributed by atoms with Gasteiger partial charge in [-0.3, -0.25) is 10.1 Å². The molecule has 0 aliphatic carbocycles. The molecule has 10 heteroatoms. The number of benzene rings is 1. The fraction of sp³-hybridized carbons (Fsp3) is 0.500. The smallest absolute Gasteiger partial charge is 0.257 e. The van der Waals surface area contributed by atoms with Crippen molar-refractivity contribution in [1.82, 2.24) is 14.9 Å². The molecular formula is C26H34N6O3S. The average Bonchev–Trinajstić information content (AvgIpc) is 3.36. The van der Waals surface area contributed by atoms with Gasteiger partial charge >= 0.3 is 0 Å². The van der Waals surface area contributed by atoms with Crippen LogP contribution in [0.2, 0.25) is 0 Å². The van der Waals surface area contributed by atoms with Gasteiger partial charge in [0.05, 0.1) is 30.7 Å². The quantitative estimate of drug-likeness (QED) is 0.491. The van der Waals surface area contributed by atoms with Gasteiger partial charge in [0.1, 0.15) is 17.1 Å². The summed E-state index contributed by atoms with van der Waals surface area (Å²) in [6.45, 7) is 7.28. The van der Waals surface area contributed by atoms with Gasteiger partial charge in [-0.2, -0.15) is 0 Å². The molecule has 2 saturated heterocycles. The van der Waals surface area contributed by atoms with Crippen molar-refractivity contribution in [1.29, 1.82) is 0 Å². The van der Waals surface area contributed by atoms with Crippen molar-refractivity contribution in [3.05, 3.63) is 36.0 Å². The number of likely N-dealkylation sites (N-methyl/N-ethyl adjacent to an activating group) is 1. The van der Waals surface area contributed by atoms with Gasteiger partial charge in [0.25, 0.3) is 5.91 Å². The number of methoxy groups -OCH3 is 1. The lowest BCUT2D eigenvalue weighted by Crippen LogP contribution is -2.36. The minimum Gasteiger partial charge on any atom is -0.494 e. The molecule has 192 valence electrons. The number of likely N-dealkylation sites (tertiary alicyclic amines) is 1. The van der Waals surface area contributed by atoms with E-state index in [1.807, 2.05) is 19.2 Å². The van der Waals surface area contributed by atoms with Gasteiger partial charge in [-0.1, -0.05) is 17.8 Å². The number of nitrogens with one attached hydrogen (secondary N) is 1. The number of pyridine rings is 1. The van der Waals surface area contributed by atoms with Crippen LogP contribution in [0.25, 0.3) is 10.2 Å². The number of rotatable bonds is 8. The summed E-state index contributed by atoms with van der Waals surface area (Å²) < 4.78 is 12.1. The van der Waals surface area contributed by atoms with Crippen LogP contribution < -0.4 is 19.9 Å². The molecule has 2 aliphatic rings. The highest BCUT2D eigenvalue weighted by atomic mass is 32.1. The molecule has 0 atom stereocenters. The summed E-state index contributed by atoms with van der Waals surface area (Å²) in [6.07, 6.45) is 5.59. The number of piperidine rings is 1. The number of nitrogens with zero attached hydrogens (tertiary/aromatic N) is 5. The van der Waals surface area contributed by atoms with E-state index in [-0.39, 0.29) is 5.91 Å². The molecule has 36 heavy (non-hydrogen) atoms. The van der Waals surface area contributed by atoms with E-state index in [9.17, 15) is 4.79 Å². The molecule has 1 amide bonds. The summed E-state index contributed by atoms with van der Waals surface area (Å²) >= 11 is 1.47. The van der Waals surface area contributed by atoms with Crippen LogP contribution in [0.15, 0.2) is 30.5 Å². The monoisotopic (exact) mass is 510 g/mol. The number of amides is 1. The summed E-state index contributed by atoms with van der Waals surface area (Å²) in [4.78, 5) is 29.3. The third-order valence-corrected chi connectivity index (χ3v) is 7.87. The highest BCUT2D eigenvalue weighted by molar-refractivity contribution is 7.23. The minimum absolute atomic E-state index is 0.200. The number of hydrogen-bond acceptors (Lipinski definition) is 9. The van der Waals surface area contributed by atoms with Crippen LogP contribution >= 0.6 is 11.3 Å². The molecule has 0 radical (unpaired) electrons. The standard InChI is InChI=1S/C26H34N6O3S/c1-30(12-13-31-10-4-3-5-11-31)22-18-19(8-9-27-22)25(33)29-26-28-23-21(34-2)7-6-20(24(23)36-26)32-14-16-35-17-15-32/h6-9,18H,3-5,10-17H2,1-2H3,(H,28,29,33). The molecule has 1 aromatic carbocycles. The largest absolute Gasteiger partial charge is 0.494 e. The van der Waals surface area contributed by atoms with Gasteiger partial charge in [0, 0.05) is 45.0 Å². The third kappa shape index (κ3) is 5.55. The van der Waals surface area contributed by atoms with Crippen LogP contribution in [-0.2, 0) is 4.74 Å². The lowest BCUT2D eigenvalue weighted by molar-refractivity contribution is 0.102. The second kappa shape index (κ2) is 11.4. The normalized spacial score (nSPS) is 16.8. The third-order valence-electron chi connectivity index (χ3n) is 6.88. The maximum Gasteiger partial charge on any atom is 0.257 e. The highest BCUT2D eigenvalue weighted by Crippen LogP contribution is 2.39. The van der Waals surface area contributed by atoms with E-state index >= 15 is 0 Å². The molecule has 5 rings (SSSR count). The first kappa shape index (κ1) is 24.7. The maximum atomic E-state index is 13.2. The second-order valence-corrected chi connectivity index (χ2v) is 10.3. The maximum absolute atomic E-state index is 13.2. The summed E-state index contributed by atoms with van der Waals surface area (Å²) in [6, 6.07) is 7.58. The van der Waals surface area contributed by atoms with E-state index in [1.54, 1.807) is 19.4 Å². The lowest BCUT2D eigenvalue weighted by atomic mass is 10.1. The van der Waals surface area contributed by atoms with Crippen molar-refractivity contribution in [3.63, 3.8) is 0 Å². The second-order valence-electron chi connectivity index (χ2n) is 9.26. The summed E-state index contributed by atoms with van der Waals surface area (Å²) in [5, 5.41) is 3.54. The molecular weight excluding hydrogens is 476 g/mol. The molecule has 1 N–H and O–H groups in total. The number of fused-ring (bicyclic) bond motifs is 1. The van der Waals surface area contributed by atoms with Gasteiger partial charge in [-0.15, -0.1) is 0 Å². The minimum atomic E-state index is -0.200. The average molecular weight is 511 g/mol. The molecule has 2 fully saturated rings. The Morgan fingerprint density at radius 3 is 2.75 bits per heavy atom. The zero-order valence-corrected chi connectivity index (χ0v) is 21.9. The Labute approximate surface area is 216 Å². The highest BCUT2D eigenvalue weighted by Gasteiger charge is 2.20. The topological polar surface area (TPSA) is 83.1 Å².